The lowest BCUT2D eigenvalue weighted by atomic mass is 10.1. The number of rotatable bonds is 5. The molecule has 28 heavy (non-hydrogen) atoms. The number of carbonyl (C=O) groups is 1. The third-order valence-corrected chi connectivity index (χ3v) is 4.79. The number of esters is 1. The number of benzene rings is 2. The molecule has 1 aliphatic rings. The predicted molar refractivity (Wildman–Crippen MR) is 104 cm³/mol. The second-order valence-electron chi connectivity index (χ2n) is 6.78. The van der Waals surface area contributed by atoms with Crippen molar-refractivity contribution in [2.24, 2.45) is 0 Å². The van der Waals surface area contributed by atoms with Gasteiger partial charge in [0.1, 0.15) is 5.69 Å². The Bertz CT molecular complexity index is 951. The Morgan fingerprint density at radius 1 is 1.18 bits per heavy atom. The predicted octanol–water partition coefficient (Wildman–Crippen LogP) is 2.96. The smallest absolute Gasteiger partial charge is 0.337 e. The van der Waals surface area contributed by atoms with Crippen molar-refractivity contribution in [2.45, 2.75) is 19.7 Å². The average Bonchev–Trinajstić information content (AvgIpc) is 3.38. The summed E-state index contributed by atoms with van der Waals surface area (Å²) in [7, 11) is 1.37. The number of nitrogens with zero attached hydrogens (tertiary/aromatic N) is 4. The third-order valence-electron chi connectivity index (χ3n) is 4.79. The number of aromatic nitrogens is 3. The lowest BCUT2D eigenvalue weighted by molar-refractivity contribution is 0.0600. The molecule has 0 aliphatic carbocycles. The zero-order valence-electron chi connectivity index (χ0n) is 15.9. The van der Waals surface area contributed by atoms with Gasteiger partial charge in [-0.3, -0.25) is 0 Å². The van der Waals surface area contributed by atoms with Crippen molar-refractivity contribution >= 4 is 11.7 Å². The van der Waals surface area contributed by atoms with Gasteiger partial charge in [-0.05, 0) is 36.8 Å². The highest BCUT2D eigenvalue weighted by Crippen LogP contribution is 2.31. The molecule has 0 amide bonds. The fraction of sp³-hybridized carbons (Fsp3) is 0.286. The van der Waals surface area contributed by atoms with Gasteiger partial charge in [0.2, 0.25) is 0 Å². The lowest BCUT2D eigenvalue weighted by Gasteiger charge is -2.23. The van der Waals surface area contributed by atoms with Crippen LogP contribution in [0.3, 0.4) is 0 Å². The van der Waals surface area contributed by atoms with E-state index in [0.717, 1.165) is 23.5 Å². The number of hydrogen-bond donors (Lipinski definition) is 0. The molecule has 4 rings (SSSR count). The van der Waals surface area contributed by atoms with E-state index >= 15 is 0 Å². The number of methoxy groups -OCH3 is 1. The third kappa shape index (κ3) is 3.75. The number of hydrogen-bond acceptors (Lipinski definition) is 6. The maximum absolute atomic E-state index is 11.5. The molecule has 0 N–H and O–H groups in total. The monoisotopic (exact) mass is 378 g/mol. The highest BCUT2D eigenvalue weighted by Gasteiger charge is 2.29. The van der Waals surface area contributed by atoms with Crippen LogP contribution in [-0.2, 0) is 16.0 Å². The Labute approximate surface area is 163 Å². The molecule has 0 spiro atoms. The molecule has 1 aliphatic heterocycles. The standard InChI is InChI=1S/C21H22N4O3/c1-15-3-9-18(10-4-15)25-11-12-28-20(25)19-14-24(23-22-19)13-16-5-7-17(8-6-16)21(26)27-2/h3-10,14,20H,11-13H2,1-2H3. The molecule has 144 valence electrons. The van der Waals surface area contributed by atoms with Crippen LogP contribution in [0.4, 0.5) is 5.69 Å². The molecule has 7 heteroatoms. The molecule has 1 fully saturated rings. The molecular weight excluding hydrogens is 356 g/mol. The van der Waals surface area contributed by atoms with Crippen molar-refractivity contribution in [1.29, 1.82) is 0 Å². The minimum Gasteiger partial charge on any atom is -0.465 e. The number of carbonyl (C=O) groups excluding carboxylic acids is 1. The van der Waals surface area contributed by atoms with Crippen LogP contribution in [0.5, 0.6) is 0 Å². The molecule has 1 saturated heterocycles. The summed E-state index contributed by atoms with van der Waals surface area (Å²) in [4.78, 5) is 13.7. The highest BCUT2D eigenvalue weighted by atomic mass is 16.5. The Morgan fingerprint density at radius 3 is 2.64 bits per heavy atom. The van der Waals surface area contributed by atoms with Gasteiger partial charge < -0.3 is 14.4 Å². The summed E-state index contributed by atoms with van der Waals surface area (Å²) >= 11 is 0. The Hall–Kier alpha value is -3.19. The van der Waals surface area contributed by atoms with Crippen molar-refractivity contribution in [1.82, 2.24) is 15.0 Å². The first-order chi connectivity index (χ1) is 13.6. The van der Waals surface area contributed by atoms with E-state index in [1.165, 1.54) is 12.7 Å². The summed E-state index contributed by atoms with van der Waals surface area (Å²) < 4.78 is 12.4. The maximum atomic E-state index is 11.5. The molecule has 0 bridgehead atoms. The van der Waals surface area contributed by atoms with Gasteiger partial charge in [-0.1, -0.05) is 35.0 Å². The number of ether oxygens (including phenoxy) is 2. The highest BCUT2D eigenvalue weighted by molar-refractivity contribution is 5.89. The molecule has 0 radical (unpaired) electrons. The fourth-order valence-electron chi connectivity index (χ4n) is 3.27. The van der Waals surface area contributed by atoms with E-state index in [-0.39, 0.29) is 12.2 Å². The summed E-state index contributed by atoms with van der Waals surface area (Å²) in [6.45, 7) is 4.10. The minimum atomic E-state index is -0.343. The van der Waals surface area contributed by atoms with E-state index in [4.69, 9.17) is 9.47 Å². The molecule has 0 saturated carbocycles. The van der Waals surface area contributed by atoms with Crippen molar-refractivity contribution in [3.05, 3.63) is 77.1 Å². The van der Waals surface area contributed by atoms with E-state index in [1.807, 2.05) is 18.3 Å². The van der Waals surface area contributed by atoms with E-state index in [9.17, 15) is 4.79 Å². The van der Waals surface area contributed by atoms with Crippen molar-refractivity contribution in [3.63, 3.8) is 0 Å². The molecule has 3 aromatic rings. The van der Waals surface area contributed by atoms with E-state index in [2.05, 4.69) is 46.4 Å². The zero-order valence-corrected chi connectivity index (χ0v) is 15.9. The molecule has 2 aromatic carbocycles. The van der Waals surface area contributed by atoms with Crippen molar-refractivity contribution < 1.29 is 14.3 Å². The normalized spacial score (nSPS) is 16.4. The summed E-state index contributed by atoms with van der Waals surface area (Å²) in [5.74, 6) is -0.343. The van der Waals surface area contributed by atoms with Crippen LogP contribution in [0.1, 0.15) is 33.4 Å². The largest absolute Gasteiger partial charge is 0.465 e. The van der Waals surface area contributed by atoms with E-state index < -0.39 is 0 Å². The molecule has 1 atom stereocenters. The summed E-state index contributed by atoms with van der Waals surface area (Å²) in [6.07, 6.45) is 1.67. The van der Waals surface area contributed by atoms with Crippen LogP contribution in [0.25, 0.3) is 0 Å². The van der Waals surface area contributed by atoms with Gasteiger partial charge in [0.05, 0.1) is 32.0 Å². The quantitative estimate of drug-likeness (QED) is 0.636. The zero-order chi connectivity index (χ0) is 19.5. The molecular formula is C21H22N4O3. The average molecular weight is 378 g/mol. The van der Waals surface area contributed by atoms with Crippen LogP contribution in [0.2, 0.25) is 0 Å². The van der Waals surface area contributed by atoms with E-state index in [1.54, 1.807) is 16.8 Å². The van der Waals surface area contributed by atoms with Crippen LogP contribution < -0.4 is 4.90 Å². The fourth-order valence-corrected chi connectivity index (χ4v) is 3.27. The van der Waals surface area contributed by atoms with Gasteiger partial charge in [-0.25, -0.2) is 9.48 Å². The molecule has 2 heterocycles. The van der Waals surface area contributed by atoms with E-state index in [0.29, 0.717) is 18.7 Å². The first-order valence-electron chi connectivity index (χ1n) is 9.16. The Morgan fingerprint density at radius 2 is 1.93 bits per heavy atom. The summed E-state index contributed by atoms with van der Waals surface area (Å²) in [5.41, 5.74) is 4.67. The molecule has 1 unspecified atom stereocenters. The van der Waals surface area contributed by atoms with Gasteiger partial charge in [-0.2, -0.15) is 0 Å². The summed E-state index contributed by atoms with van der Waals surface area (Å²) in [5, 5.41) is 8.56. The van der Waals surface area contributed by atoms with Gasteiger partial charge in [-0.15, -0.1) is 5.10 Å². The minimum absolute atomic E-state index is 0.238. The van der Waals surface area contributed by atoms with Crippen LogP contribution in [0, 0.1) is 6.92 Å². The second kappa shape index (κ2) is 7.82. The lowest BCUT2D eigenvalue weighted by Crippen LogP contribution is -2.23. The van der Waals surface area contributed by atoms with Crippen LogP contribution in [0.15, 0.2) is 54.7 Å². The Kier molecular flexibility index (Phi) is 5.08. The van der Waals surface area contributed by atoms with Gasteiger partial charge >= 0.3 is 5.97 Å². The summed E-state index contributed by atoms with van der Waals surface area (Å²) in [6, 6.07) is 15.7. The maximum Gasteiger partial charge on any atom is 0.337 e. The number of anilines is 1. The first-order valence-corrected chi connectivity index (χ1v) is 9.16. The number of aryl methyl sites for hydroxylation is 1. The molecule has 1 aromatic heterocycles. The second-order valence-corrected chi connectivity index (χ2v) is 6.78. The van der Waals surface area contributed by atoms with Gasteiger partial charge in [0.25, 0.3) is 0 Å². The van der Waals surface area contributed by atoms with Crippen molar-refractivity contribution in [3.8, 4) is 0 Å². The van der Waals surface area contributed by atoms with Gasteiger partial charge in [0, 0.05) is 12.2 Å². The first kappa shape index (κ1) is 18.2. The molecule has 7 nitrogen and oxygen atoms in total. The SMILES string of the molecule is COC(=O)c1ccc(Cn2cc(C3OCCN3c3ccc(C)cc3)nn2)cc1. The Balaban J connectivity index is 1.47. The van der Waals surface area contributed by atoms with Crippen molar-refractivity contribution in [2.75, 3.05) is 25.2 Å². The van der Waals surface area contributed by atoms with Gasteiger partial charge in [0.15, 0.2) is 6.23 Å². The van der Waals surface area contributed by atoms with Crippen LogP contribution in [-0.4, -0.2) is 41.2 Å². The topological polar surface area (TPSA) is 69.5 Å². The van der Waals surface area contributed by atoms with Crippen LogP contribution >= 0.6 is 0 Å².